The van der Waals surface area contributed by atoms with Crippen LogP contribution in [0.2, 0.25) is 0 Å². The van der Waals surface area contributed by atoms with Crippen LogP contribution < -0.4 is 11.1 Å². The van der Waals surface area contributed by atoms with Crippen LogP contribution in [-0.4, -0.2) is 31.4 Å². The highest BCUT2D eigenvalue weighted by Gasteiger charge is 2.57. The molecule has 8 unspecified atom stereocenters. The fraction of sp³-hybridized carbons (Fsp3) is 0.938. The predicted octanol–water partition coefficient (Wildman–Crippen LogP) is 7.69. The Morgan fingerprint density at radius 1 is 0.921 bits per heavy atom. The van der Waals surface area contributed by atoms with Gasteiger partial charge < -0.3 is 20.5 Å². The Morgan fingerprint density at radius 3 is 2.34 bits per heavy atom. The number of amides is 2. The summed E-state index contributed by atoms with van der Waals surface area (Å²) in [5.41, 5.74) is 5.37. The minimum atomic E-state index is -0.741. The molecule has 2 amide bonds. The molecule has 0 aliphatic heterocycles. The molecule has 4 rings (SSSR count). The lowest BCUT2D eigenvalue weighted by atomic mass is 9.44. The van der Waals surface area contributed by atoms with Crippen molar-refractivity contribution in [3.05, 3.63) is 0 Å². The molecule has 6 heteroatoms. The Balaban J connectivity index is 1.38. The summed E-state index contributed by atoms with van der Waals surface area (Å²) >= 11 is 0. The number of hydrogen-bond acceptors (Lipinski definition) is 4. The van der Waals surface area contributed by atoms with Crippen LogP contribution in [0.3, 0.4) is 0 Å². The van der Waals surface area contributed by atoms with Crippen LogP contribution in [0.25, 0.3) is 0 Å². The number of hydrogen-bond donors (Lipinski definition) is 2. The summed E-state index contributed by atoms with van der Waals surface area (Å²) in [4.78, 5) is 24.4. The van der Waals surface area contributed by atoms with Gasteiger partial charge in [-0.05, 0) is 105 Å². The number of nitrogens with two attached hydrogens (primary N) is 1. The van der Waals surface area contributed by atoms with Crippen molar-refractivity contribution in [2.75, 3.05) is 13.2 Å². The van der Waals surface area contributed by atoms with Crippen molar-refractivity contribution in [1.82, 2.24) is 5.32 Å². The first-order chi connectivity index (χ1) is 17.7. The van der Waals surface area contributed by atoms with E-state index in [9.17, 15) is 9.59 Å². The van der Waals surface area contributed by atoms with Crippen molar-refractivity contribution in [2.45, 2.75) is 125 Å². The van der Waals surface area contributed by atoms with Gasteiger partial charge in [-0.15, -0.1) is 0 Å². The van der Waals surface area contributed by atoms with Gasteiger partial charge in [0, 0.05) is 16.9 Å². The average molecular weight is 533 g/mol. The van der Waals surface area contributed by atoms with Crippen LogP contribution in [0, 0.1) is 51.2 Å². The standard InChI is InChI=1S/C32H56N2O4/c1-21(2)22-9-11-24-23(17-22)10-12-25-31(6,13-8-14-32(24,25)7)20-38-28(36)34-26-18-30(5,19-37-27(33)35)16-15-29(26,3)4/h21-26H,8-20H2,1-7H3,(H2,33,35)(H,34,36). The topological polar surface area (TPSA) is 90.7 Å². The molecular weight excluding hydrogens is 476 g/mol. The first-order valence-corrected chi connectivity index (χ1v) is 15.5. The van der Waals surface area contributed by atoms with Gasteiger partial charge in [-0.3, -0.25) is 0 Å². The minimum absolute atomic E-state index is 0.0378. The van der Waals surface area contributed by atoms with E-state index in [1.54, 1.807) is 0 Å². The molecule has 3 N–H and O–H groups in total. The number of fused-ring (bicyclic) bond motifs is 3. The zero-order chi connectivity index (χ0) is 27.9. The number of nitrogens with one attached hydrogen (secondary N) is 1. The minimum Gasteiger partial charge on any atom is -0.449 e. The SMILES string of the molecule is CC(C)C1CCC2C(CCC3C(C)(COC(=O)NC4CC(C)(COC(N)=O)CCC4(C)C)CCCC23C)C1. The zero-order valence-corrected chi connectivity index (χ0v) is 25.4. The van der Waals surface area contributed by atoms with Crippen LogP contribution >= 0.6 is 0 Å². The summed E-state index contributed by atoms with van der Waals surface area (Å²) < 4.78 is 11.2. The van der Waals surface area contributed by atoms with Gasteiger partial charge in [0.25, 0.3) is 0 Å². The van der Waals surface area contributed by atoms with Crippen molar-refractivity contribution in [3.63, 3.8) is 0 Å². The molecule has 8 atom stereocenters. The van der Waals surface area contributed by atoms with Gasteiger partial charge in [-0.2, -0.15) is 0 Å². The second-order valence-electron chi connectivity index (χ2n) is 15.7. The summed E-state index contributed by atoms with van der Waals surface area (Å²) in [6.07, 6.45) is 12.1. The first kappa shape index (κ1) is 29.5. The van der Waals surface area contributed by atoms with Crippen LogP contribution in [0.15, 0.2) is 0 Å². The van der Waals surface area contributed by atoms with Crippen LogP contribution in [0.1, 0.15) is 119 Å². The highest BCUT2D eigenvalue weighted by atomic mass is 16.6. The molecule has 38 heavy (non-hydrogen) atoms. The molecule has 0 aromatic carbocycles. The smallest absolute Gasteiger partial charge is 0.407 e. The van der Waals surface area contributed by atoms with Crippen LogP contribution in [0.5, 0.6) is 0 Å². The van der Waals surface area contributed by atoms with Gasteiger partial charge in [-0.1, -0.05) is 54.9 Å². The van der Waals surface area contributed by atoms with E-state index >= 15 is 0 Å². The van der Waals surface area contributed by atoms with Gasteiger partial charge in [0.2, 0.25) is 0 Å². The quantitative estimate of drug-likeness (QED) is 0.367. The molecule has 4 aliphatic rings. The highest BCUT2D eigenvalue weighted by Crippen LogP contribution is 2.64. The predicted molar refractivity (Wildman–Crippen MR) is 151 cm³/mol. The zero-order valence-electron chi connectivity index (χ0n) is 25.4. The van der Waals surface area contributed by atoms with Crippen molar-refractivity contribution < 1.29 is 19.1 Å². The third-order valence-corrected chi connectivity index (χ3v) is 12.1. The molecule has 4 saturated carbocycles. The Kier molecular flexibility index (Phi) is 8.42. The maximum absolute atomic E-state index is 13.2. The van der Waals surface area contributed by atoms with Crippen molar-refractivity contribution >= 4 is 12.2 Å². The number of primary amides is 1. The summed E-state index contributed by atoms with van der Waals surface area (Å²) in [7, 11) is 0. The molecule has 0 aromatic rings. The lowest BCUT2D eigenvalue weighted by molar-refractivity contribution is -0.136. The molecule has 218 valence electrons. The summed E-state index contributed by atoms with van der Waals surface area (Å²) in [6.45, 7) is 17.1. The molecule has 0 spiro atoms. The second-order valence-corrected chi connectivity index (χ2v) is 15.7. The number of alkyl carbamates (subject to hydrolysis) is 1. The Hall–Kier alpha value is -1.46. The maximum Gasteiger partial charge on any atom is 0.407 e. The molecule has 6 nitrogen and oxygen atoms in total. The number of rotatable bonds is 6. The number of carbonyl (C=O) groups is 2. The molecule has 0 radical (unpaired) electrons. The van der Waals surface area contributed by atoms with Gasteiger partial charge in [0.1, 0.15) is 0 Å². The number of ether oxygens (including phenoxy) is 2. The molecule has 0 heterocycles. The van der Waals surface area contributed by atoms with Crippen molar-refractivity contribution in [2.24, 2.45) is 57.0 Å². The number of carbonyl (C=O) groups excluding carboxylic acids is 2. The van der Waals surface area contributed by atoms with Gasteiger partial charge in [0.15, 0.2) is 0 Å². The van der Waals surface area contributed by atoms with E-state index < -0.39 is 6.09 Å². The van der Waals surface area contributed by atoms with E-state index in [0.29, 0.717) is 17.9 Å². The molecule has 4 fully saturated rings. The third-order valence-electron chi connectivity index (χ3n) is 12.1. The summed E-state index contributed by atoms with van der Waals surface area (Å²) in [5, 5.41) is 3.22. The Bertz CT molecular complexity index is 874. The molecule has 0 bridgehead atoms. The van der Waals surface area contributed by atoms with E-state index in [-0.39, 0.29) is 35.0 Å². The van der Waals surface area contributed by atoms with E-state index in [1.165, 1.54) is 44.9 Å². The van der Waals surface area contributed by atoms with Gasteiger partial charge in [-0.25, -0.2) is 9.59 Å². The lowest BCUT2D eigenvalue weighted by Crippen LogP contribution is -2.56. The van der Waals surface area contributed by atoms with E-state index in [4.69, 9.17) is 15.2 Å². The third kappa shape index (κ3) is 5.99. The van der Waals surface area contributed by atoms with Crippen molar-refractivity contribution in [1.29, 1.82) is 0 Å². The lowest BCUT2D eigenvalue weighted by Gasteiger charge is -2.61. The fourth-order valence-corrected chi connectivity index (χ4v) is 9.49. The van der Waals surface area contributed by atoms with Gasteiger partial charge in [0.05, 0.1) is 13.2 Å². The Labute approximate surface area is 231 Å². The Morgan fingerprint density at radius 2 is 1.66 bits per heavy atom. The van der Waals surface area contributed by atoms with E-state index in [0.717, 1.165) is 49.4 Å². The average Bonchev–Trinajstić information content (AvgIpc) is 2.84. The monoisotopic (exact) mass is 532 g/mol. The summed E-state index contributed by atoms with van der Waals surface area (Å²) in [6, 6.07) is -0.0405. The molecule has 0 saturated heterocycles. The van der Waals surface area contributed by atoms with Crippen LogP contribution in [0.4, 0.5) is 9.59 Å². The van der Waals surface area contributed by atoms with Crippen molar-refractivity contribution in [3.8, 4) is 0 Å². The maximum atomic E-state index is 13.2. The second kappa shape index (κ2) is 10.8. The highest BCUT2D eigenvalue weighted by molar-refractivity contribution is 5.67. The van der Waals surface area contributed by atoms with E-state index in [2.05, 4.69) is 53.8 Å². The first-order valence-electron chi connectivity index (χ1n) is 15.5. The van der Waals surface area contributed by atoms with Gasteiger partial charge >= 0.3 is 12.2 Å². The van der Waals surface area contributed by atoms with Crippen LogP contribution in [-0.2, 0) is 9.47 Å². The summed E-state index contributed by atoms with van der Waals surface area (Å²) in [5.74, 6) is 4.02. The largest absolute Gasteiger partial charge is 0.449 e. The van der Waals surface area contributed by atoms with E-state index in [1.807, 2.05) is 0 Å². The molecular formula is C32H56N2O4. The fourth-order valence-electron chi connectivity index (χ4n) is 9.49. The molecule has 0 aromatic heterocycles. The molecule has 4 aliphatic carbocycles. The normalized spacial score (nSPS) is 42.5.